The summed E-state index contributed by atoms with van der Waals surface area (Å²) in [7, 11) is 0. The first-order valence-electron chi connectivity index (χ1n) is 5.36. The van der Waals surface area contributed by atoms with E-state index in [9.17, 15) is 4.79 Å². The fourth-order valence-corrected chi connectivity index (χ4v) is 2.24. The van der Waals surface area contributed by atoms with Crippen LogP contribution in [0.2, 0.25) is 0 Å². The number of anilines is 1. The number of benzene rings is 1. The topological polar surface area (TPSA) is 65.8 Å². The van der Waals surface area contributed by atoms with Crippen LogP contribution in [-0.4, -0.2) is 10.9 Å². The van der Waals surface area contributed by atoms with Gasteiger partial charge in [0.2, 0.25) is 0 Å². The number of aryl methyl sites for hydroxylation is 2. The van der Waals surface area contributed by atoms with Gasteiger partial charge < -0.3 is 5.32 Å². The van der Waals surface area contributed by atoms with Crippen molar-refractivity contribution in [3.05, 3.63) is 45.4 Å². The third-order valence-electron chi connectivity index (χ3n) is 2.52. The van der Waals surface area contributed by atoms with Crippen molar-refractivity contribution < 1.29 is 4.79 Å². The Morgan fingerprint density at radius 2 is 2.11 bits per heavy atom. The van der Waals surface area contributed by atoms with E-state index in [0.29, 0.717) is 16.3 Å². The standard InChI is InChI=1S/C13H11N3OS/c1-8-9(2)18-13(15-8)12(17)16-11-6-4-3-5-10(11)7-14/h3-6H,1-2H3,(H,16,17). The number of hydrogen-bond acceptors (Lipinski definition) is 4. The largest absolute Gasteiger partial charge is 0.319 e. The number of nitrogens with one attached hydrogen (secondary N) is 1. The Balaban J connectivity index is 2.24. The van der Waals surface area contributed by atoms with Gasteiger partial charge in [-0.1, -0.05) is 12.1 Å². The molecule has 2 rings (SSSR count). The van der Waals surface area contributed by atoms with Crippen LogP contribution in [0.25, 0.3) is 0 Å². The van der Waals surface area contributed by atoms with E-state index >= 15 is 0 Å². The molecule has 0 spiro atoms. The van der Waals surface area contributed by atoms with Crippen LogP contribution in [-0.2, 0) is 0 Å². The number of aromatic nitrogens is 1. The molecular formula is C13H11N3OS. The van der Waals surface area contributed by atoms with Gasteiger partial charge in [-0.05, 0) is 26.0 Å². The van der Waals surface area contributed by atoms with Gasteiger partial charge in [0, 0.05) is 4.88 Å². The lowest BCUT2D eigenvalue weighted by atomic mass is 10.2. The Morgan fingerprint density at radius 3 is 2.72 bits per heavy atom. The van der Waals surface area contributed by atoms with Gasteiger partial charge in [-0.3, -0.25) is 4.79 Å². The first-order chi connectivity index (χ1) is 8.61. The summed E-state index contributed by atoms with van der Waals surface area (Å²) in [6.45, 7) is 3.79. The quantitative estimate of drug-likeness (QED) is 0.899. The normalized spacial score (nSPS) is 9.83. The van der Waals surface area contributed by atoms with E-state index < -0.39 is 0 Å². The smallest absolute Gasteiger partial charge is 0.284 e. The SMILES string of the molecule is Cc1nc(C(=O)Nc2ccccc2C#N)sc1C. The average molecular weight is 257 g/mol. The highest BCUT2D eigenvalue weighted by atomic mass is 32.1. The van der Waals surface area contributed by atoms with Crippen molar-refractivity contribution in [3.8, 4) is 6.07 Å². The molecule has 0 aliphatic rings. The van der Waals surface area contributed by atoms with E-state index in [4.69, 9.17) is 5.26 Å². The minimum absolute atomic E-state index is 0.279. The number of amides is 1. The summed E-state index contributed by atoms with van der Waals surface area (Å²) < 4.78 is 0. The number of carbonyl (C=O) groups is 1. The van der Waals surface area contributed by atoms with Crippen LogP contribution in [0.1, 0.15) is 25.9 Å². The highest BCUT2D eigenvalue weighted by Gasteiger charge is 2.13. The van der Waals surface area contributed by atoms with Crippen LogP contribution in [0.3, 0.4) is 0 Å². The number of thiazole rings is 1. The highest BCUT2D eigenvalue weighted by molar-refractivity contribution is 7.13. The van der Waals surface area contributed by atoms with Crippen molar-refractivity contribution in [2.24, 2.45) is 0 Å². The van der Waals surface area contributed by atoms with Crippen molar-refractivity contribution >= 4 is 22.9 Å². The van der Waals surface area contributed by atoms with Crippen molar-refractivity contribution in [1.29, 1.82) is 5.26 Å². The molecule has 1 aromatic carbocycles. The van der Waals surface area contributed by atoms with Crippen molar-refractivity contribution in [2.75, 3.05) is 5.32 Å². The molecule has 0 unspecified atom stereocenters. The van der Waals surface area contributed by atoms with Crippen LogP contribution >= 0.6 is 11.3 Å². The number of nitriles is 1. The molecule has 5 heteroatoms. The number of rotatable bonds is 2. The number of para-hydroxylation sites is 1. The zero-order chi connectivity index (χ0) is 13.1. The molecule has 0 atom stereocenters. The molecule has 1 amide bonds. The molecule has 1 heterocycles. The van der Waals surface area contributed by atoms with E-state index in [2.05, 4.69) is 10.3 Å². The van der Waals surface area contributed by atoms with Gasteiger partial charge in [0.1, 0.15) is 6.07 Å². The Labute approximate surface area is 109 Å². The van der Waals surface area contributed by atoms with Crippen molar-refractivity contribution in [1.82, 2.24) is 4.98 Å². The third kappa shape index (κ3) is 2.39. The molecule has 0 fully saturated rings. The summed E-state index contributed by atoms with van der Waals surface area (Å²) in [5.74, 6) is -0.279. The second kappa shape index (κ2) is 4.98. The van der Waals surface area contributed by atoms with E-state index in [-0.39, 0.29) is 5.91 Å². The Kier molecular flexibility index (Phi) is 3.40. The molecule has 18 heavy (non-hydrogen) atoms. The van der Waals surface area contributed by atoms with Crippen LogP contribution in [0.5, 0.6) is 0 Å². The summed E-state index contributed by atoms with van der Waals surface area (Å²) >= 11 is 1.35. The number of carbonyl (C=O) groups excluding carboxylic acids is 1. The molecule has 1 N–H and O–H groups in total. The van der Waals surface area contributed by atoms with Crippen LogP contribution in [0, 0.1) is 25.2 Å². The van der Waals surface area contributed by atoms with E-state index in [1.165, 1.54) is 11.3 Å². The molecule has 0 bridgehead atoms. The van der Waals surface area contributed by atoms with Crippen LogP contribution in [0.4, 0.5) is 5.69 Å². The van der Waals surface area contributed by atoms with Gasteiger partial charge >= 0.3 is 0 Å². The van der Waals surface area contributed by atoms with Gasteiger partial charge in [0.15, 0.2) is 5.01 Å². The zero-order valence-corrected chi connectivity index (χ0v) is 10.8. The van der Waals surface area contributed by atoms with Gasteiger partial charge in [0.25, 0.3) is 5.91 Å². The monoisotopic (exact) mass is 257 g/mol. The predicted octanol–water partition coefficient (Wildman–Crippen LogP) is 2.88. The maximum Gasteiger partial charge on any atom is 0.284 e. The molecule has 90 valence electrons. The van der Waals surface area contributed by atoms with E-state index in [0.717, 1.165) is 10.6 Å². The minimum Gasteiger partial charge on any atom is -0.319 e. The summed E-state index contributed by atoms with van der Waals surface area (Å²) in [5, 5.41) is 12.1. The second-order valence-electron chi connectivity index (χ2n) is 3.77. The fraction of sp³-hybridized carbons (Fsp3) is 0.154. The Hall–Kier alpha value is -2.19. The predicted molar refractivity (Wildman–Crippen MR) is 70.7 cm³/mol. The maximum atomic E-state index is 12.0. The Morgan fingerprint density at radius 1 is 1.39 bits per heavy atom. The zero-order valence-electron chi connectivity index (χ0n) is 10.0. The van der Waals surface area contributed by atoms with E-state index in [1.807, 2.05) is 19.9 Å². The van der Waals surface area contributed by atoms with Crippen LogP contribution < -0.4 is 5.32 Å². The number of nitrogens with zero attached hydrogens (tertiary/aromatic N) is 2. The number of hydrogen-bond donors (Lipinski definition) is 1. The van der Waals surface area contributed by atoms with Crippen molar-refractivity contribution in [2.45, 2.75) is 13.8 Å². The molecule has 0 radical (unpaired) electrons. The molecule has 0 aliphatic heterocycles. The lowest BCUT2D eigenvalue weighted by Crippen LogP contribution is -2.12. The first-order valence-corrected chi connectivity index (χ1v) is 6.18. The second-order valence-corrected chi connectivity index (χ2v) is 4.98. The lowest BCUT2D eigenvalue weighted by molar-refractivity contribution is 0.102. The van der Waals surface area contributed by atoms with Gasteiger partial charge in [-0.2, -0.15) is 5.26 Å². The minimum atomic E-state index is -0.279. The highest BCUT2D eigenvalue weighted by Crippen LogP contribution is 2.19. The van der Waals surface area contributed by atoms with Gasteiger partial charge in [-0.25, -0.2) is 4.98 Å². The molecule has 4 nitrogen and oxygen atoms in total. The molecule has 0 saturated carbocycles. The molecule has 1 aromatic heterocycles. The van der Waals surface area contributed by atoms with Crippen molar-refractivity contribution in [3.63, 3.8) is 0 Å². The summed E-state index contributed by atoms with van der Waals surface area (Å²) in [6, 6.07) is 8.92. The van der Waals surface area contributed by atoms with Gasteiger partial charge in [0.05, 0.1) is 16.9 Å². The van der Waals surface area contributed by atoms with Crippen LogP contribution in [0.15, 0.2) is 24.3 Å². The lowest BCUT2D eigenvalue weighted by Gasteiger charge is -2.04. The Bertz CT molecular complexity index is 620. The molecule has 2 aromatic rings. The first kappa shape index (κ1) is 12.3. The summed E-state index contributed by atoms with van der Waals surface area (Å²) in [4.78, 5) is 17.2. The average Bonchev–Trinajstić information content (AvgIpc) is 2.70. The summed E-state index contributed by atoms with van der Waals surface area (Å²) in [5.41, 5.74) is 1.81. The maximum absolute atomic E-state index is 12.0. The molecule has 0 saturated heterocycles. The third-order valence-corrected chi connectivity index (χ3v) is 3.59. The molecular weight excluding hydrogens is 246 g/mol. The fourth-order valence-electron chi connectivity index (χ4n) is 1.44. The summed E-state index contributed by atoms with van der Waals surface area (Å²) in [6.07, 6.45) is 0. The van der Waals surface area contributed by atoms with Gasteiger partial charge in [-0.15, -0.1) is 11.3 Å². The van der Waals surface area contributed by atoms with E-state index in [1.54, 1.807) is 24.3 Å². The molecule has 0 aliphatic carbocycles.